The standard InChI is InChI=1S/C23H26N2O2/c1-24(2)20-10-8-18(9-11-20)19-14-21-12-13-22(15-19)25(21)23(26)27-16-17-6-4-3-5-7-17/h3-11,14,21-22H,12-13,15-16H2,1-2H3. The third-order valence-corrected chi connectivity index (χ3v) is 5.57. The van der Waals surface area contributed by atoms with Crippen molar-refractivity contribution in [1.82, 2.24) is 4.90 Å². The number of amides is 1. The van der Waals surface area contributed by atoms with Crippen LogP contribution in [0.4, 0.5) is 10.5 Å². The zero-order valence-electron chi connectivity index (χ0n) is 16.0. The molecule has 2 atom stereocenters. The van der Waals surface area contributed by atoms with Crippen molar-refractivity contribution in [3.8, 4) is 0 Å². The van der Waals surface area contributed by atoms with Crippen molar-refractivity contribution >= 4 is 17.4 Å². The molecule has 0 spiro atoms. The minimum Gasteiger partial charge on any atom is -0.445 e. The minimum absolute atomic E-state index is 0.149. The van der Waals surface area contributed by atoms with E-state index in [0.717, 1.165) is 24.8 Å². The Labute approximate surface area is 161 Å². The summed E-state index contributed by atoms with van der Waals surface area (Å²) < 4.78 is 5.58. The lowest BCUT2D eigenvalue weighted by atomic mass is 9.95. The number of nitrogens with zero attached hydrogens (tertiary/aromatic N) is 2. The highest BCUT2D eigenvalue weighted by Gasteiger charge is 2.40. The Kier molecular flexibility index (Phi) is 4.88. The van der Waals surface area contributed by atoms with Crippen LogP contribution in [0.5, 0.6) is 0 Å². The van der Waals surface area contributed by atoms with Crippen LogP contribution < -0.4 is 4.90 Å². The Balaban J connectivity index is 1.45. The summed E-state index contributed by atoms with van der Waals surface area (Å²) in [5, 5.41) is 0. The molecule has 2 unspecified atom stereocenters. The topological polar surface area (TPSA) is 32.8 Å². The van der Waals surface area contributed by atoms with Gasteiger partial charge in [-0.05, 0) is 48.1 Å². The predicted octanol–water partition coefficient (Wildman–Crippen LogP) is 4.71. The fourth-order valence-electron chi connectivity index (χ4n) is 4.10. The van der Waals surface area contributed by atoms with Crippen molar-refractivity contribution in [1.29, 1.82) is 0 Å². The molecular formula is C23H26N2O2. The molecule has 2 bridgehead atoms. The van der Waals surface area contributed by atoms with E-state index in [-0.39, 0.29) is 18.2 Å². The first-order valence-electron chi connectivity index (χ1n) is 9.59. The minimum atomic E-state index is -0.190. The van der Waals surface area contributed by atoms with Gasteiger partial charge in [0, 0.05) is 25.8 Å². The molecule has 2 aromatic rings. The van der Waals surface area contributed by atoms with E-state index in [9.17, 15) is 4.79 Å². The lowest BCUT2D eigenvalue weighted by molar-refractivity contribution is 0.0832. The van der Waals surface area contributed by atoms with Gasteiger partial charge >= 0.3 is 6.09 Å². The number of rotatable bonds is 4. The van der Waals surface area contributed by atoms with Gasteiger partial charge in [-0.1, -0.05) is 48.5 Å². The van der Waals surface area contributed by atoms with Crippen LogP contribution in [0.15, 0.2) is 60.7 Å². The summed E-state index contributed by atoms with van der Waals surface area (Å²) in [5.74, 6) is 0. The zero-order valence-corrected chi connectivity index (χ0v) is 16.0. The van der Waals surface area contributed by atoms with E-state index in [2.05, 4.69) is 35.2 Å². The van der Waals surface area contributed by atoms with Crippen LogP contribution in [-0.4, -0.2) is 37.2 Å². The molecule has 4 heteroatoms. The lowest BCUT2D eigenvalue weighted by Crippen LogP contribution is -2.43. The van der Waals surface area contributed by atoms with E-state index in [4.69, 9.17) is 4.74 Å². The highest BCUT2D eigenvalue weighted by Crippen LogP contribution is 2.39. The summed E-state index contributed by atoms with van der Waals surface area (Å²) in [5.41, 5.74) is 4.83. The molecule has 1 saturated heterocycles. The first-order valence-corrected chi connectivity index (χ1v) is 9.59. The van der Waals surface area contributed by atoms with Crippen LogP contribution >= 0.6 is 0 Å². The van der Waals surface area contributed by atoms with Crippen LogP contribution in [0, 0.1) is 0 Å². The van der Waals surface area contributed by atoms with Crippen molar-refractivity contribution in [2.75, 3.05) is 19.0 Å². The van der Waals surface area contributed by atoms with E-state index in [1.165, 1.54) is 16.8 Å². The molecule has 0 saturated carbocycles. The molecule has 27 heavy (non-hydrogen) atoms. The number of anilines is 1. The molecule has 4 rings (SSSR count). The van der Waals surface area contributed by atoms with E-state index in [1.807, 2.05) is 49.3 Å². The maximum absolute atomic E-state index is 12.7. The van der Waals surface area contributed by atoms with Crippen LogP contribution in [0.25, 0.3) is 5.57 Å². The van der Waals surface area contributed by atoms with Crippen molar-refractivity contribution in [2.45, 2.75) is 38.0 Å². The van der Waals surface area contributed by atoms with Gasteiger partial charge in [-0.15, -0.1) is 0 Å². The number of fused-ring (bicyclic) bond motifs is 2. The summed E-state index contributed by atoms with van der Waals surface area (Å²) in [6.07, 6.45) is 5.03. The van der Waals surface area contributed by atoms with Gasteiger partial charge in [0.05, 0.1) is 6.04 Å². The summed E-state index contributed by atoms with van der Waals surface area (Å²) >= 11 is 0. The van der Waals surface area contributed by atoms with Gasteiger partial charge < -0.3 is 9.64 Å². The SMILES string of the molecule is CN(C)c1ccc(C2=CC3CCC(C2)N3C(=O)OCc2ccccc2)cc1. The lowest BCUT2D eigenvalue weighted by Gasteiger charge is -2.33. The highest BCUT2D eigenvalue weighted by molar-refractivity contribution is 5.75. The molecule has 0 radical (unpaired) electrons. The molecule has 0 aliphatic carbocycles. The number of ether oxygens (including phenoxy) is 1. The Morgan fingerprint density at radius 2 is 1.81 bits per heavy atom. The number of hydrogen-bond acceptors (Lipinski definition) is 3. The molecule has 2 heterocycles. The molecule has 0 N–H and O–H groups in total. The number of carbonyl (C=O) groups is 1. The zero-order chi connectivity index (χ0) is 18.8. The number of carbonyl (C=O) groups excluding carboxylic acids is 1. The molecule has 1 fully saturated rings. The third kappa shape index (κ3) is 3.70. The van der Waals surface area contributed by atoms with Crippen LogP contribution in [0.3, 0.4) is 0 Å². The van der Waals surface area contributed by atoms with E-state index in [0.29, 0.717) is 6.61 Å². The monoisotopic (exact) mass is 362 g/mol. The Hall–Kier alpha value is -2.75. The summed E-state index contributed by atoms with van der Waals surface area (Å²) in [6, 6.07) is 18.9. The average molecular weight is 362 g/mol. The second-order valence-corrected chi connectivity index (χ2v) is 7.58. The molecule has 2 aliphatic heterocycles. The van der Waals surface area contributed by atoms with Gasteiger partial charge in [-0.3, -0.25) is 4.90 Å². The van der Waals surface area contributed by atoms with Gasteiger partial charge in [0.25, 0.3) is 0 Å². The van der Waals surface area contributed by atoms with Gasteiger partial charge in [0.2, 0.25) is 0 Å². The highest BCUT2D eigenvalue weighted by atomic mass is 16.6. The molecule has 2 aliphatic rings. The van der Waals surface area contributed by atoms with Crippen molar-refractivity contribution in [2.24, 2.45) is 0 Å². The van der Waals surface area contributed by atoms with Gasteiger partial charge in [-0.2, -0.15) is 0 Å². The summed E-state index contributed by atoms with van der Waals surface area (Å²) in [4.78, 5) is 16.7. The van der Waals surface area contributed by atoms with Gasteiger partial charge in [0.1, 0.15) is 6.61 Å². The second-order valence-electron chi connectivity index (χ2n) is 7.58. The summed E-state index contributed by atoms with van der Waals surface area (Å²) in [6.45, 7) is 0.332. The maximum atomic E-state index is 12.7. The van der Waals surface area contributed by atoms with E-state index in [1.54, 1.807) is 0 Å². The van der Waals surface area contributed by atoms with Gasteiger partial charge in [0.15, 0.2) is 0 Å². The Morgan fingerprint density at radius 3 is 2.48 bits per heavy atom. The second kappa shape index (κ2) is 7.47. The molecule has 1 amide bonds. The van der Waals surface area contributed by atoms with Crippen molar-refractivity contribution < 1.29 is 9.53 Å². The normalized spacial score (nSPS) is 21.0. The van der Waals surface area contributed by atoms with Crippen molar-refractivity contribution in [3.05, 3.63) is 71.8 Å². The van der Waals surface area contributed by atoms with E-state index < -0.39 is 0 Å². The van der Waals surface area contributed by atoms with E-state index >= 15 is 0 Å². The predicted molar refractivity (Wildman–Crippen MR) is 109 cm³/mol. The van der Waals surface area contributed by atoms with Crippen LogP contribution in [0.2, 0.25) is 0 Å². The number of hydrogen-bond donors (Lipinski definition) is 0. The van der Waals surface area contributed by atoms with Crippen LogP contribution in [-0.2, 0) is 11.3 Å². The van der Waals surface area contributed by atoms with Crippen LogP contribution in [0.1, 0.15) is 30.4 Å². The quantitative estimate of drug-likeness (QED) is 0.790. The fourth-order valence-corrected chi connectivity index (χ4v) is 4.10. The van der Waals surface area contributed by atoms with Crippen molar-refractivity contribution in [3.63, 3.8) is 0 Å². The average Bonchev–Trinajstić information content (AvgIpc) is 2.96. The first-order chi connectivity index (χ1) is 13.1. The fraction of sp³-hybridized carbons (Fsp3) is 0.348. The molecule has 0 aromatic heterocycles. The molecule has 140 valence electrons. The Bertz CT molecular complexity index is 827. The largest absolute Gasteiger partial charge is 0.445 e. The smallest absolute Gasteiger partial charge is 0.410 e. The maximum Gasteiger partial charge on any atom is 0.410 e. The third-order valence-electron chi connectivity index (χ3n) is 5.57. The Morgan fingerprint density at radius 1 is 1.07 bits per heavy atom. The van der Waals surface area contributed by atoms with Gasteiger partial charge in [-0.25, -0.2) is 4.79 Å². The molecule has 4 nitrogen and oxygen atoms in total. The number of benzene rings is 2. The molecular weight excluding hydrogens is 336 g/mol. The first kappa shape index (κ1) is 17.7. The molecule has 2 aromatic carbocycles. The summed E-state index contributed by atoms with van der Waals surface area (Å²) in [7, 11) is 4.10.